The van der Waals surface area contributed by atoms with Gasteiger partial charge in [-0.25, -0.2) is 15.0 Å². The van der Waals surface area contributed by atoms with Crippen molar-refractivity contribution in [3.8, 4) is 22.9 Å². The summed E-state index contributed by atoms with van der Waals surface area (Å²) in [6, 6.07) is 11.2. The Morgan fingerprint density at radius 3 is 2.78 bits per heavy atom. The number of likely N-dealkylation sites (tertiary alicyclic amines) is 1. The van der Waals surface area contributed by atoms with E-state index in [4.69, 9.17) is 25.8 Å². The Labute approximate surface area is 212 Å². The van der Waals surface area contributed by atoms with Gasteiger partial charge in [0, 0.05) is 19.4 Å². The van der Waals surface area contributed by atoms with E-state index in [1.807, 2.05) is 40.9 Å². The van der Waals surface area contributed by atoms with Gasteiger partial charge in [0.15, 0.2) is 0 Å². The van der Waals surface area contributed by atoms with Crippen molar-refractivity contribution in [1.82, 2.24) is 24.3 Å². The number of fused-ring (bicyclic) bond motifs is 1. The minimum atomic E-state index is -0.459. The van der Waals surface area contributed by atoms with E-state index in [1.54, 1.807) is 37.4 Å². The Kier molecular flexibility index (Phi) is 6.62. The van der Waals surface area contributed by atoms with Crippen molar-refractivity contribution in [3.63, 3.8) is 0 Å². The minimum Gasteiger partial charge on any atom is -0.494 e. The summed E-state index contributed by atoms with van der Waals surface area (Å²) in [5.41, 5.74) is 2.76. The predicted octanol–water partition coefficient (Wildman–Crippen LogP) is 3.82. The first-order valence-electron chi connectivity index (χ1n) is 11.3. The molecular weight excluding hydrogens is 484 g/mol. The number of methoxy groups -OCH3 is 2. The topological polar surface area (TPSA) is 103 Å². The lowest BCUT2D eigenvalue weighted by atomic mass is 10.1. The van der Waals surface area contributed by atoms with Crippen molar-refractivity contribution in [2.24, 2.45) is 0 Å². The van der Waals surface area contributed by atoms with Crippen molar-refractivity contribution in [2.45, 2.75) is 19.1 Å². The number of benzene rings is 1. The number of hydrogen-bond acceptors (Lipinski definition) is 8. The van der Waals surface area contributed by atoms with Gasteiger partial charge in [-0.2, -0.15) is 0 Å². The van der Waals surface area contributed by atoms with Gasteiger partial charge in [-0.15, -0.1) is 0 Å². The third-order valence-electron chi connectivity index (χ3n) is 5.99. The SMILES string of the molecule is COc1cc(OC2CN(C(=O)[C@H](C)OC)C2)ccc1Nc1ncc(Cl)c(-c2cnc3ccccn23)n1. The molecule has 1 aliphatic heterocycles. The Bertz CT molecular complexity index is 1400. The molecule has 1 fully saturated rings. The first-order valence-corrected chi connectivity index (χ1v) is 11.7. The zero-order valence-corrected chi connectivity index (χ0v) is 20.8. The van der Waals surface area contributed by atoms with Gasteiger partial charge in [0.25, 0.3) is 5.91 Å². The monoisotopic (exact) mass is 508 g/mol. The van der Waals surface area contributed by atoms with Crippen LogP contribution in [-0.2, 0) is 9.53 Å². The average molecular weight is 509 g/mol. The van der Waals surface area contributed by atoms with Crippen molar-refractivity contribution >= 4 is 34.8 Å². The standard InChI is InChI=1S/C25H25ClN6O4/c1-15(34-2)24(33)31-13-17(14-31)36-16-7-8-19(21(10-16)35-3)29-25-28-11-18(26)23(30-25)20-12-27-22-6-4-5-9-32(20)22/h4-12,15,17H,13-14H2,1-3H3,(H,28,29,30)/t15-/m0/s1. The van der Waals surface area contributed by atoms with Crippen LogP contribution in [0, 0.1) is 0 Å². The molecule has 1 N–H and O–H groups in total. The molecule has 1 aromatic carbocycles. The molecule has 11 heteroatoms. The zero-order valence-electron chi connectivity index (χ0n) is 20.0. The lowest BCUT2D eigenvalue weighted by molar-refractivity contribution is -0.149. The molecule has 0 unspecified atom stereocenters. The molecule has 1 amide bonds. The summed E-state index contributed by atoms with van der Waals surface area (Å²) in [7, 11) is 3.10. The quantitative estimate of drug-likeness (QED) is 0.383. The Balaban J connectivity index is 1.30. The van der Waals surface area contributed by atoms with Gasteiger partial charge in [0.1, 0.15) is 35.0 Å². The number of anilines is 2. The molecule has 4 heterocycles. The number of carbonyl (C=O) groups excluding carboxylic acids is 1. The number of carbonyl (C=O) groups is 1. The summed E-state index contributed by atoms with van der Waals surface area (Å²) in [5, 5.41) is 3.60. The highest BCUT2D eigenvalue weighted by molar-refractivity contribution is 6.32. The zero-order chi connectivity index (χ0) is 25.2. The number of pyridine rings is 1. The van der Waals surface area contributed by atoms with Crippen LogP contribution in [0.15, 0.2) is 55.0 Å². The van der Waals surface area contributed by atoms with E-state index < -0.39 is 6.10 Å². The van der Waals surface area contributed by atoms with Gasteiger partial charge >= 0.3 is 0 Å². The molecule has 0 aliphatic carbocycles. The van der Waals surface area contributed by atoms with Crippen LogP contribution < -0.4 is 14.8 Å². The van der Waals surface area contributed by atoms with Gasteiger partial charge in [0.05, 0.1) is 49.0 Å². The Hall–Kier alpha value is -3.89. The molecule has 10 nitrogen and oxygen atoms in total. The lowest BCUT2D eigenvalue weighted by Crippen LogP contribution is -2.58. The molecule has 3 aromatic heterocycles. The van der Waals surface area contributed by atoms with Crippen LogP contribution in [0.1, 0.15) is 6.92 Å². The van der Waals surface area contributed by atoms with E-state index in [9.17, 15) is 4.79 Å². The van der Waals surface area contributed by atoms with Crippen LogP contribution in [0.25, 0.3) is 17.0 Å². The van der Waals surface area contributed by atoms with E-state index in [-0.39, 0.29) is 12.0 Å². The fraction of sp³-hybridized carbons (Fsp3) is 0.280. The second-order valence-electron chi connectivity index (χ2n) is 8.31. The van der Waals surface area contributed by atoms with Crippen molar-refractivity contribution in [1.29, 1.82) is 0 Å². The molecule has 0 spiro atoms. The Morgan fingerprint density at radius 2 is 2.00 bits per heavy atom. The van der Waals surface area contributed by atoms with Crippen LogP contribution in [-0.4, -0.2) is 69.7 Å². The van der Waals surface area contributed by atoms with Crippen molar-refractivity contribution in [2.75, 3.05) is 32.6 Å². The van der Waals surface area contributed by atoms with E-state index in [2.05, 4.69) is 20.3 Å². The predicted molar refractivity (Wildman–Crippen MR) is 135 cm³/mol. The summed E-state index contributed by atoms with van der Waals surface area (Å²) in [5.74, 6) is 1.51. The highest BCUT2D eigenvalue weighted by atomic mass is 35.5. The maximum absolute atomic E-state index is 12.1. The van der Waals surface area contributed by atoms with Gasteiger partial charge < -0.3 is 24.4 Å². The number of nitrogens with zero attached hydrogens (tertiary/aromatic N) is 5. The third-order valence-corrected chi connectivity index (χ3v) is 6.26. The first-order chi connectivity index (χ1) is 17.5. The number of hydrogen-bond donors (Lipinski definition) is 1. The number of halogens is 1. The average Bonchev–Trinajstić information content (AvgIpc) is 3.31. The molecule has 4 aromatic rings. The number of rotatable bonds is 8. The molecule has 36 heavy (non-hydrogen) atoms. The highest BCUT2D eigenvalue weighted by Crippen LogP contribution is 2.33. The van der Waals surface area contributed by atoms with Crippen LogP contribution >= 0.6 is 11.6 Å². The van der Waals surface area contributed by atoms with E-state index in [1.165, 1.54) is 7.11 Å². The number of nitrogens with one attached hydrogen (secondary N) is 1. The van der Waals surface area contributed by atoms with E-state index in [0.717, 1.165) is 11.3 Å². The number of imidazole rings is 1. The van der Waals surface area contributed by atoms with Gasteiger partial charge in [-0.1, -0.05) is 17.7 Å². The normalized spacial score (nSPS) is 14.4. The largest absolute Gasteiger partial charge is 0.494 e. The van der Waals surface area contributed by atoms with Crippen LogP contribution in [0.4, 0.5) is 11.6 Å². The molecule has 186 valence electrons. The molecule has 0 radical (unpaired) electrons. The smallest absolute Gasteiger partial charge is 0.251 e. The number of ether oxygens (including phenoxy) is 3. The summed E-state index contributed by atoms with van der Waals surface area (Å²) >= 11 is 6.43. The van der Waals surface area contributed by atoms with E-state index in [0.29, 0.717) is 46.9 Å². The first kappa shape index (κ1) is 23.8. The third kappa shape index (κ3) is 4.65. The number of amides is 1. The molecule has 0 bridgehead atoms. The maximum atomic E-state index is 12.1. The molecule has 1 aliphatic rings. The van der Waals surface area contributed by atoms with Crippen LogP contribution in [0.5, 0.6) is 11.5 Å². The minimum absolute atomic E-state index is 0.0410. The molecular formula is C25H25ClN6O4. The number of aromatic nitrogens is 4. The summed E-state index contributed by atoms with van der Waals surface area (Å²) in [6.07, 6.45) is 4.63. The van der Waals surface area contributed by atoms with Crippen LogP contribution in [0.2, 0.25) is 5.02 Å². The van der Waals surface area contributed by atoms with Gasteiger partial charge in [0.2, 0.25) is 5.95 Å². The molecule has 5 rings (SSSR count). The summed E-state index contributed by atoms with van der Waals surface area (Å²) < 4.78 is 18.6. The van der Waals surface area contributed by atoms with Crippen molar-refractivity contribution < 1.29 is 19.0 Å². The summed E-state index contributed by atoms with van der Waals surface area (Å²) in [6.45, 7) is 2.76. The second kappa shape index (κ2) is 10.00. The van der Waals surface area contributed by atoms with Gasteiger partial charge in [-0.05, 0) is 31.2 Å². The molecule has 1 atom stereocenters. The highest BCUT2D eigenvalue weighted by Gasteiger charge is 2.34. The van der Waals surface area contributed by atoms with E-state index >= 15 is 0 Å². The fourth-order valence-corrected chi connectivity index (χ4v) is 4.11. The van der Waals surface area contributed by atoms with Crippen LogP contribution in [0.3, 0.4) is 0 Å². The Morgan fingerprint density at radius 1 is 1.17 bits per heavy atom. The fourth-order valence-electron chi connectivity index (χ4n) is 3.93. The second-order valence-corrected chi connectivity index (χ2v) is 8.72. The molecule has 0 saturated carbocycles. The van der Waals surface area contributed by atoms with Crippen molar-refractivity contribution in [3.05, 3.63) is 60.0 Å². The van der Waals surface area contributed by atoms with Gasteiger partial charge in [-0.3, -0.25) is 9.20 Å². The lowest BCUT2D eigenvalue weighted by Gasteiger charge is -2.40. The summed E-state index contributed by atoms with van der Waals surface area (Å²) in [4.78, 5) is 27.2. The molecule has 1 saturated heterocycles. The maximum Gasteiger partial charge on any atom is 0.251 e.